The highest BCUT2D eigenvalue weighted by atomic mass is 32.1. The van der Waals surface area contributed by atoms with E-state index in [4.69, 9.17) is 0 Å². The summed E-state index contributed by atoms with van der Waals surface area (Å²) in [6.07, 6.45) is 7.15. The number of carboxylic acid groups (broad SMARTS) is 1. The van der Waals surface area contributed by atoms with Crippen LogP contribution in [-0.2, 0) is 0 Å². The lowest BCUT2D eigenvalue weighted by Crippen LogP contribution is -2.33. The van der Waals surface area contributed by atoms with Gasteiger partial charge in [0.1, 0.15) is 4.88 Å². The van der Waals surface area contributed by atoms with Crippen molar-refractivity contribution >= 4 is 22.4 Å². The van der Waals surface area contributed by atoms with Crippen LogP contribution in [-0.4, -0.2) is 29.1 Å². The quantitative estimate of drug-likeness (QED) is 0.888. The fourth-order valence-electron chi connectivity index (χ4n) is 2.78. The first-order valence-corrected chi connectivity index (χ1v) is 8.33. The summed E-state index contributed by atoms with van der Waals surface area (Å²) in [5, 5.41) is 10.2. The zero-order chi connectivity index (χ0) is 14.7. The van der Waals surface area contributed by atoms with E-state index in [-0.39, 0.29) is 5.92 Å². The molecule has 1 aliphatic carbocycles. The van der Waals surface area contributed by atoms with E-state index in [1.165, 1.54) is 43.4 Å². The SMILES string of the molecule is CCC(C)c1nc(N(C)C2CCCCC2)sc1C(=O)O. The van der Waals surface area contributed by atoms with Gasteiger partial charge in [-0.15, -0.1) is 0 Å². The molecule has 0 radical (unpaired) electrons. The van der Waals surface area contributed by atoms with Gasteiger partial charge >= 0.3 is 5.97 Å². The summed E-state index contributed by atoms with van der Waals surface area (Å²) in [6, 6.07) is 0.515. The predicted molar refractivity (Wildman–Crippen MR) is 83.1 cm³/mol. The molecule has 0 aromatic carbocycles. The Hall–Kier alpha value is -1.10. The second-order valence-corrected chi connectivity index (χ2v) is 6.71. The van der Waals surface area contributed by atoms with Crippen molar-refractivity contribution in [3.05, 3.63) is 10.6 Å². The lowest BCUT2D eigenvalue weighted by molar-refractivity contribution is 0.0700. The molecule has 1 aromatic heterocycles. The van der Waals surface area contributed by atoms with Crippen molar-refractivity contribution in [2.75, 3.05) is 11.9 Å². The second kappa shape index (κ2) is 6.57. The molecule has 2 rings (SSSR count). The monoisotopic (exact) mass is 296 g/mol. The third kappa shape index (κ3) is 3.14. The molecule has 0 aliphatic heterocycles. The van der Waals surface area contributed by atoms with Crippen LogP contribution in [0.1, 0.15) is 73.7 Å². The zero-order valence-corrected chi connectivity index (χ0v) is 13.4. The Morgan fingerprint density at radius 1 is 1.45 bits per heavy atom. The summed E-state index contributed by atoms with van der Waals surface area (Å²) in [4.78, 5) is 18.7. The summed E-state index contributed by atoms with van der Waals surface area (Å²) in [5.41, 5.74) is 0.752. The van der Waals surface area contributed by atoms with Crippen LogP contribution in [0.5, 0.6) is 0 Å². The second-order valence-electron chi connectivity index (χ2n) is 5.73. The highest BCUT2D eigenvalue weighted by Crippen LogP contribution is 2.34. The minimum Gasteiger partial charge on any atom is -0.477 e. The molecule has 1 aliphatic rings. The van der Waals surface area contributed by atoms with Gasteiger partial charge in [-0.05, 0) is 25.2 Å². The number of carboxylic acids is 1. The Bertz CT molecular complexity index is 466. The van der Waals surface area contributed by atoms with Crippen LogP contribution in [0, 0.1) is 0 Å². The fourth-order valence-corrected chi connectivity index (χ4v) is 3.83. The standard InChI is InChI=1S/C15H24N2O2S/c1-4-10(2)12-13(14(18)19)20-15(16-12)17(3)11-8-6-5-7-9-11/h10-11H,4-9H2,1-3H3,(H,18,19). The molecule has 0 saturated heterocycles. The molecule has 1 heterocycles. The Morgan fingerprint density at radius 2 is 2.10 bits per heavy atom. The van der Waals surface area contributed by atoms with Gasteiger partial charge in [0.25, 0.3) is 0 Å². The van der Waals surface area contributed by atoms with E-state index < -0.39 is 5.97 Å². The largest absolute Gasteiger partial charge is 0.477 e. The predicted octanol–water partition coefficient (Wildman–Crippen LogP) is 4.12. The van der Waals surface area contributed by atoms with E-state index >= 15 is 0 Å². The van der Waals surface area contributed by atoms with Crippen molar-refractivity contribution in [1.82, 2.24) is 4.98 Å². The van der Waals surface area contributed by atoms with Crippen LogP contribution in [0.25, 0.3) is 0 Å². The molecule has 1 saturated carbocycles. The number of hydrogen-bond acceptors (Lipinski definition) is 4. The zero-order valence-electron chi connectivity index (χ0n) is 12.6. The molecule has 1 N–H and O–H groups in total. The third-order valence-corrected chi connectivity index (χ3v) is 5.49. The molecule has 0 amide bonds. The van der Waals surface area contributed by atoms with Gasteiger partial charge in [-0.25, -0.2) is 9.78 Å². The van der Waals surface area contributed by atoms with Crippen LogP contribution < -0.4 is 4.90 Å². The lowest BCUT2D eigenvalue weighted by Gasteiger charge is -2.30. The topological polar surface area (TPSA) is 53.4 Å². The first-order valence-electron chi connectivity index (χ1n) is 7.51. The van der Waals surface area contributed by atoms with E-state index in [0.717, 1.165) is 17.2 Å². The van der Waals surface area contributed by atoms with Crippen LogP contribution in [0.15, 0.2) is 0 Å². The third-order valence-electron chi connectivity index (χ3n) is 4.34. The van der Waals surface area contributed by atoms with E-state index in [9.17, 15) is 9.90 Å². The number of hydrogen-bond donors (Lipinski definition) is 1. The van der Waals surface area contributed by atoms with Gasteiger partial charge in [-0.3, -0.25) is 0 Å². The van der Waals surface area contributed by atoms with Gasteiger partial charge in [0, 0.05) is 13.1 Å². The Kier molecular flexibility index (Phi) is 5.02. The van der Waals surface area contributed by atoms with Crippen molar-refractivity contribution in [3.63, 3.8) is 0 Å². The minimum atomic E-state index is -0.846. The molecular formula is C15H24N2O2S. The van der Waals surface area contributed by atoms with Crippen molar-refractivity contribution in [1.29, 1.82) is 0 Å². The van der Waals surface area contributed by atoms with E-state index in [1.54, 1.807) is 0 Å². The average molecular weight is 296 g/mol. The molecule has 5 heteroatoms. The molecule has 1 fully saturated rings. The lowest BCUT2D eigenvalue weighted by atomic mass is 9.95. The highest BCUT2D eigenvalue weighted by molar-refractivity contribution is 7.17. The number of nitrogens with zero attached hydrogens (tertiary/aromatic N) is 2. The summed E-state index contributed by atoms with van der Waals surface area (Å²) in [7, 11) is 2.06. The minimum absolute atomic E-state index is 0.200. The van der Waals surface area contributed by atoms with Crippen molar-refractivity contribution in [3.8, 4) is 0 Å². The molecule has 0 bridgehead atoms. The van der Waals surface area contributed by atoms with Crippen LogP contribution in [0.4, 0.5) is 5.13 Å². The molecule has 4 nitrogen and oxygen atoms in total. The Balaban J connectivity index is 2.25. The molecule has 1 atom stereocenters. The maximum atomic E-state index is 11.4. The number of anilines is 1. The summed E-state index contributed by atoms with van der Waals surface area (Å²) >= 11 is 1.33. The molecule has 1 unspecified atom stereocenters. The number of thiazole rings is 1. The van der Waals surface area contributed by atoms with Gasteiger partial charge in [0.15, 0.2) is 5.13 Å². The first-order chi connectivity index (χ1) is 9.54. The molecule has 0 spiro atoms. The van der Waals surface area contributed by atoms with E-state index in [0.29, 0.717) is 10.9 Å². The van der Waals surface area contributed by atoms with Crippen LogP contribution in [0.2, 0.25) is 0 Å². The van der Waals surface area contributed by atoms with Crippen LogP contribution >= 0.6 is 11.3 Å². The van der Waals surface area contributed by atoms with Gasteiger partial charge < -0.3 is 10.0 Å². The summed E-state index contributed by atoms with van der Waals surface area (Å²) in [6.45, 7) is 4.12. The van der Waals surface area contributed by atoms with Gasteiger partial charge in [-0.2, -0.15) is 0 Å². The smallest absolute Gasteiger partial charge is 0.347 e. The number of aromatic nitrogens is 1. The summed E-state index contributed by atoms with van der Waals surface area (Å²) in [5.74, 6) is -0.646. The van der Waals surface area contributed by atoms with E-state index in [1.807, 2.05) is 6.92 Å². The Labute approximate surface area is 124 Å². The highest BCUT2D eigenvalue weighted by Gasteiger charge is 2.26. The average Bonchev–Trinajstić information content (AvgIpc) is 2.92. The van der Waals surface area contributed by atoms with Crippen molar-refractivity contribution in [2.45, 2.75) is 64.3 Å². The Morgan fingerprint density at radius 3 is 2.65 bits per heavy atom. The number of rotatable bonds is 5. The van der Waals surface area contributed by atoms with Crippen molar-refractivity contribution in [2.24, 2.45) is 0 Å². The molecule has 112 valence electrons. The first kappa shape index (κ1) is 15.3. The fraction of sp³-hybridized carbons (Fsp3) is 0.733. The maximum Gasteiger partial charge on any atom is 0.347 e. The maximum absolute atomic E-state index is 11.4. The summed E-state index contributed by atoms with van der Waals surface area (Å²) < 4.78 is 0. The van der Waals surface area contributed by atoms with Gasteiger partial charge in [0.05, 0.1) is 5.69 Å². The molecular weight excluding hydrogens is 272 g/mol. The van der Waals surface area contributed by atoms with Crippen molar-refractivity contribution < 1.29 is 9.90 Å². The van der Waals surface area contributed by atoms with Gasteiger partial charge in [-0.1, -0.05) is 44.4 Å². The number of carbonyl (C=O) groups is 1. The van der Waals surface area contributed by atoms with Gasteiger partial charge in [0.2, 0.25) is 0 Å². The van der Waals surface area contributed by atoms with Crippen LogP contribution in [0.3, 0.4) is 0 Å². The normalized spacial score (nSPS) is 17.9. The molecule has 20 heavy (non-hydrogen) atoms. The number of aromatic carboxylic acids is 1. The molecule has 1 aromatic rings. The van der Waals surface area contributed by atoms with E-state index in [2.05, 4.69) is 23.9 Å².